The fraction of sp³-hybridized carbons (Fsp3) is 0.950. The Morgan fingerprint density at radius 1 is 1.19 bits per heavy atom. The lowest BCUT2D eigenvalue weighted by Gasteiger charge is -2.37. The van der Waals surface area contributed by atoms with Gasteiger partial charge in [-0.15, -0.1) is 0 Å². The second-order valence-electron chi connectivity index (χ2n) is 8.03. The Labute approximate surface area is 158 Å². The van der Waals surface area contributed by atoms with Crippen LogP contribution in [0.25, 0.3) is 0 Å². The van der Waals surface area contributed by atoms with E-state index in [-0.39, 0.29) is 12.2 Å². The summed E-state index contributed by atoms with van der Waals surface area (Å²) < 4.78 is 17.2. The minimum atomic E-state index is 0.170. The van der Waals surface area contributed by atoms with E-state index in [1.807, 2.05) is 0 Å². The molecule has 0 aromatic carbocycles. The van der Waals surface area contributed by atoms with Gasteiger partial charge in [-0.2, -0.15) is 0 Å². The SMILES string of the molecule is CCNC(=NCC1(CCOC)CCCC1)N1CCOC(C2CCCO2)C1. The van der Waals surface area contributed by atoms with Crippen molar-refractivity contribution in [2.75, 3.05) is 53.1 Å². The molecule has 3 rings (SSSR count). The van der Waals surface area contributed by atoms with Crippen LogP contribution in [0, 0.1) is 5.41 Å². The standard InChI is InChI=1S/C20H37N3O3/c1-3-21-19(22-16-20(10-13-24-2)8-4-5-9-20)23-11-14-26-18(15-23)17-7-6-12-25-17/h17-18H,3-16H2,1-2H3,(H,21,22). The average molecular weight is 368 g/mol. The largest absolute Gasteiger partial charge is 0.385 e. The van der Waals surface area contributed by atoms with Crippen molar-refractivity contribution in [2.24, 2.45) is 10.4 Å². The number of hydrogen-bond donors (Lipinski definition) is 1. The Morgan fingerprint density at radius 2 is 2.00 bits per heavy atom. The van der Waals surface area contributed by atoms with Crippen molar-refractivity contribution < 1.29 is 14.2 Å². The maximum absolute atomic E-state index is 6.01. The van der Waals surface area contributed by atoms with Gasteiger partial charge in [0.25, 0.3) is 0 Å². The monoisotopic (exact) mass is 367 g/mol. The van der Waals surface area contributed by atoms with Crippen LogP contribution in [-0.2, 0) is 14.2 Å². The van der Waals surface area contributed by atoms with Crippen molar-refractivity contribution in [3.63, 3.8) is 0 Å². The highest BCUT2D eigenvalue weighted by Crippen LogP contribution is 2.41. The van der Waals surface area contributed by atoms with Crippen LogP contribution in [0.3, 0.4) is 0 Å². The van der Waals surface area contributed by atoms with Crippen LogP contribution in [-0.4, -0.2) is 76.2 Å². The number of rotatable bonds is 7. The number of guanidine groups is 1. The average Bonchev–Trinajstić information content (AvgIpc) is 3.36. The number of aliphatic imine (C=N–C) groups is 1. The van der Waals surface area contributed by atoms with Crippen molar-refractivity contribution in [3.05, 3.63) is 0 Å². The molecule has 2 aliphatic heterocycles. The van der Waals surface area contributed by atoms with Gasteiger partial charge in [0.2, 0.25) is 0 Å². The van der Waals surface area contributed by atoms with Crippen molar-refractivity contribution in [3.8, 4) is 0 Å². The zero-order valence-electron chi connectivity index (χ0n) is 16.7. The van der Waals surface area contributed by atoms with Gasteiger partial charge in [0.15, 0.2) is 5.96 Å². The van der Waals surface area contributed by atoms with Crippen molar-refractivity contribution in [1.82, 2.24) is 10.2 Å². The molecule has 0 amide bonds. The third kappa shape index (κ3) is 5.11. The maximum Gasteiger partial charge on any atom is 0.194 e. The van der Waals surface area contributed by atoms with E-state index >= 15 is 0 Å². The first-order valence-electron chi connectivity index (χ1n) is 10.5. The van der Waals surface area contributed by atoms with E-state index in [1.165, 1.54) is 25.7 Å². The van der Waals surface area contributed by atoms with E-state index < -0.39 is 0 Å². The van der Waals surface area contributed by atoms with Crippen LogP contribution >= 0.6 is 0 Å². The summed E-state index contributed by atoms with van der Waals surface area (Å²) in [5.41, 5.74) is 0.330. The first-order chi connectivity index (χ1) is 12.8. The number of hydrogen-bond acceptors (Lipinski definition) is 4. The second kappa shape index (κ2) is 9.90. The summed E-state index contributed by atoms with van der Waals surface area (Å²) in [5, 5.41) is 3.51. The summed E-state index contributed by atoms with van der Waals surface area (Å²) in [4.78, 5) is 7.46. The lowest BCUT2D eigenvalue weighted by atomic mass is 9.83. The first-order valence-corrected chi connectivity index (χ1v) is 10.5. The molecule has 3 fully saturated rings. The highest BCUT2D eigenvalue weighted by Gasteiger charge is 2.35. The van der Waals surface area contributed by atoms with Crippen molar-refractivity contribution in [1.29, 1.82) is 0 Å². The molecule has 26 heavy (non-hydrogen) atoms. The molecule has 1 aliphatic carbocycles. The predicted molar refractivity (Wildman–Crippen MR) is 104 cm³/mol. The molecule has 2 unspecified atom stereocenters. The lowest BCUT2D eigenvalue weighted by molar-refractivity contribution is -0.0817. The molecule has 2 atom stereocenters. The van der Waals surface area contributed by atoms with Gasteiger partial charge >= 0.3 is 0 Å². The highest BCUT2D eigenvalue weighted by atomic mass is 16.5. The number of morpholine rings is 1. The quantitative estimate of drug-likeness (QED) is 0.553. The van der Waals surface area contributed by atoms with Crippen LogP contribution in [0.5, 0.6) is 0 Å². The zero-order valence-corrected chi connectivity index (χ0v) is 16.7. The first kappa shape index (κ1) is 19.9. The fourth-order valence-electron chi connectivity index (χ4n) is 4.59. The van der Waals surface area contributed by atoms with Crippen molar-refractivity contribution in [2.45, 2.75) is 64.1 Å². The van der Waals surface area contributed by atoms with Gasteiger partial charge in [-0.25, -0.2) is 0 Å². The normalized spacial score (nSPS) is 29.3. The summed E-state index contributed by atoms with van der Waals surface area (Å²) in [7, 11) is 1.80. The molecule has 0 spiro atoms. The topological polar surface area (TPSA) is 55.3 Å². The smallest absolute Gasteiger partial charge is 0.194 e. The number of nitrogens with zero attached hydrogens (tertiary/aromatic N) is 2. The van der Waals surface area contributed by atoms with E-state index in [0.717, 1.165) is 71.2 Å². The van der Waals surface area contributed by atoms with E-state index in [1.54, 1.807) is 7.11 Å². The molecule has 0 bridgehead atoms. The van der Waals surface area contributed by atoms with Crippen molar-refractivity contribution >= 4 is 5.96 Å². The van der Waals surface area contributed by atoms with Crippen LogP contribution < -0.4 is 5.32 Å². The Kier molecular flexibility index (Phi) is 7.58. The lowest BCUT2D eigenvalue weighted by Crippen LogP contribution is -2.53. The Hall–Kier alpha value is -0.850. The predicted octanol–water partition coefficient (Wildman–Crippen LogP) is 2.43. The molecule has 150 valence electrons. The van der Waals surface area contributed by atoms with Gasteiger partial charge in [-0.05, 0) is 44.4 Å². The molecular weight excluding hydrogens is 330 g/mol. The van der Waals surface area contributed by atoms with Gasteiger partial charge in [0.05, 0.1) is 12.7 Å². The molecule has 1 saturated carbocycles. The molecule has 0 aromatic heterocycles. The third-order valence-electron chi connectivity index (χ3n) is 6.17. The molecule has 2 heterocycles. The second-order valence-corrected chi connectivity index (χ2v) is 8.03. The van der Waals surface area contributed by atoms with Gasteiger partial charge in [0, 0.05) is 46.5 Å². The van der Waals surface area contributed by atoms with Crippen LogP contribution in [0.15, 0.2) is 4.99 Å². The molecule has 6 nitrogen and oxygen atoms in total. The van der Waals surface area contributed by atoms with Crippen LogP contribution in [0.1, 0.15) is 51.9 Å². The molecule has 3 aliphatic rings. The number of ether oxygens (including phenoxy) is 3. The Morgan fingerprint density at radius 3 is 2.69 bits per heavy atom. The minimum Gasteiger partial charge on any atom is -0.385 e. The van der Waals surface area contributed by atoms with Crippen LogP contribution in [0.4, 0.5) is 0 Å². The summed E-state index contributed by atoms with van der Waals surface area (Å²) in [5.74, 6) is 1.04. The van der Waals surface area contributed by atoms with E-state index in [9.17, 15) is 0 Å². The number of methoxy groups -OCH3 is 1. The molecule has 6 heteroatoms. The Bertz CT molecular complexity index is 446. The maximum atomic E-state index is 6.01. The van der Waals surface area contributed by atoms with E-state index in [4.69, 9.17) is 19.2 Å². The third-order valence-corrected chi connectivity index (χ3v) is 6.17. The van der Waals surface area contributed by atoms with Gasteiger partial charge in [-0.3, -0.25) is 4.99 Å². The minimum absolute atomic E-state index is 0.170. The molecule has 0 radical (unpaired) electrons. The molecule has 0 aromatic rings. The molecular formula is C20H37N3O3. The molecule has 1 N–H and O–H groups in total. The fourth-order valence-corrected chi connectivity index (χ4v) is 4.59. The summed E-state index contributed by atoms with van der Waals surface area (Å²) in [6.07, 6.45) is 9.03. The van der Waals surface area contributed by atoms with Gasteiger partial charge < -0.3 is 24.4 Å². The summed E-state index contributed by atoms with van der Waals surface area (Å²) in [6.45, 7) is 8.19. The molecule has 2 saturated heterocycles. The summed E-state index contributed by atoms with van der Waals surface area (Å²) in [6, 6.07) is 0. The number of nitrogens with one attached hydrogen (secondary N) is 1. The van der Waals surface area contributed by atoms with Crippen LogP contribution in [0.2, 0.25) is 0 Å². The van der Waals surface area contributed by atoms with Gasteiger partial charge in [0.1, 0.15) is 6.10 Å². The van der Waals surface area contributed by atoms with E-state index in [0.29, 0.717) is 5.41 Å². The van der Waals surface area contributed by atoms with E-state index in [2.05, 4.69) is 17.1 Å². The summed E-state index contributed by atoms with van der Waals surface area (Å²) >= 11 is 0. The highest BCUT2D eigenvalue weighted by molar-refractivity contribution is 5.80. The van der Waals surface area contributed by atoms with Gasteiger partial charge in [-0.1, -0.05) is 12.8 Å². The zero-order chi connectivity index (χ0) is 18.2. The Balaban J connectivity index is 1.63.